The lowest BCUT2D eigenvalue weighted by Gasteiger charge is -2.08. The van der Waals surface area contributed by atoms with Gasteiger partial charge in [-0.05, 0) is 48.5 Å². The Morgan fingerprint density at radius 2 is 1.62 bits per heavy atom. The zero-order chi connectivity index (χ0) is 17.3. The van der Waals surface area contributed by atoms with Crippen LogP contribution in [0.4, 0.5) is 19.0 Å². The Labute approximate surface area is 139 Å². The van der Waals surface area contributed by atoms with E-state index in [0.717, 1.165) is 29.7 Å². The first kappa shape index (κ1) is 16.2. The average Bonchev–Trinajstić information content (AvgIpc) is 2.53. The van der Waals surface area contributed by atoms with Crippen LogP contribution in [0.25, 0.3) is 11.0 Å². The number of pyridine rings is 2. The quantitative estimate of drug-likeness (QED) is 0.689. The van der Waals surface area contributed by atoms with Crippen LogP contribution in [0.5, 0.6) is 0 Å². The molecule has 0 spiro atoms. The first-order chi connectivity index (χ1) is 11.3. The number of nitrogens with zero attached hydrogens (tertiary/aromatic N) is 2. The molecule has 3 rings (SSSR count). The van der Waals surface area contributed by atoms with Crippen molar-refractivity contribution in [3.63, 3.8) is 0 Å². The Hall–Kier alpha value is -2.67. The van der Waals surface area contributed by atoms with E-state index in [1.807, 2.05) is 0 Å². The number of rotatable bonds is 2. The zero-order valence-electron chi connectivity index (χ0n) is 11.9. The van der Waals surface area contributed by atoms with Gasteiger partial charge in [-0.1, -0.05) is 11.6 Å². The second-order valence-corrected chi connectivity index (χ2v) is 5.29. The highest BCUT2D eigenvalue weighted by atomic mass is 35.5. The molecular weight excluding hydrogens is 343 g/mol. The highest BCUT2D eigenvalue weighted by Gasteiger charge is 2.30. The number of halogens is 4. The third-order valence-electron chi connectivity index (χ3n) is 3.23. The fourth-order valence-corrected chi connectivity index (χ4v) is 2.19. The van der Waals surface area contributed by atoms with Gasteiger partial charge in [-0.2, -0.15) is 13.2 Å². The molecule has 0 atom stereocenters. The van der Waals surface area contributed by atoms with E-state index in [1.54, 1.807) is 24.3 Å². The van der Waals surface area contributed by atoms with Gasteiger partial charge >= 0.3 is 6.18 Å². The maximum absolute atomic E-state index is 12.5. The molecule has 2 aromatic heterocycles. The van der Waals surface area contributed by atoms with Gasteiger partial charge < -0.3 is 5.32 Å². The lowest BCUT2D eigenvalue weighted by molar-refractivity contribution is -0.137. The van der Waals surface area contributed by atoms with Crippen LogP contribution in [-0.4, -0.2) is 15.9 Å². The minimum Gasteiger partial charge on any atom is -0.306 e. The second-order valence-electron chi connectivity index (χ2n) is 4.91. The lowest BCUT2D eigenvalue weighted by atomic mass is 10.1. The van der Waals surface area contributed by atoms with Crippen molar-refractivity contribution in [1.82, 2.24) is 9.97 Å². The smallest absolute Gasteiger partial charge is 0.306 e. The van der Waals surface area contributed by atoms with Gasteiger partial charge in [0.1, 0.15) is 11.0 Å². The molecule has 0 unspecified atom stereocenters. The molecule has 0 aliphatic carbocycles. The van der Waals surface area contributed by atoms with E-state index in [2.05, 4.69) is 15.3 Å². The molecule has 122 valence electrons. The van der Waals surface area contributed by atoms with Crippen molar-refractivity contribution < 1.29 is 18.0 Å². The predicted molar refractivity (Wildman–Crippen MR) is 83.9 cm³/mol. The second kappa shape index (κ2) is 6.09. The van der Waals surface area contributed by atoms with E-state index < -0.39 is 17.6 Å². The number of benzene rings is 1. The molecule has 8 heteroatoms. The Kier molecular flexibility index (Phi) is 4.11. The van der Waals surface area contributed by atoms with Crippen molar-refractivity contribution in [3.05, 3.63) is 64.8 Å². The summed E-state index contributed by atoms with van der Waals surface area (Å²) in [7, 11) is 0. The minimum absolute atomic E-state index is 0.0870. The monoisotopic (exact) mass is 351 g/mol. The topological polar surface area (TPSA) is 54.9 Å². The summed E-state index contributed by atoms with van der Waals surface area (Å²) in [5, 5.41) is 3.52. The third-order valence-corrected chi connectivity index (χ3v) is 3.44. The highest BCUT2D eigenvalue weighted by Crippen LogP contribution is 2.29. The molecule has 0 bridgehead atoms. The molecular formula is C16H9ClF3N3O. The van der Waals surface area contributed by atoms with Crippen LogP contribution in [0.2, 0.25) is 5.15 Å². The molecule has 3 aromatic rings. The summed E-state index contributed by atoms with van der Waals surface area (Å²) in [6.07, 6.45) is -4.44. The number of aromatic nitrogens is 2. The van der Waals surface area contributed by atoms with E-state index in [9.17, 15) is 18.0 Å². The average molecular weight is 352 g/mol. The summed E-state index contributed by atoms with van der Waals surface area (Å²) < 4.78 is 37.6. The van der Waals surface area contributed by atoms with Crippen LogP contribution in [-0.2, 0) is 6.18 Å². The van der Waals surface area contributed by atoms with Crippen molar-refractivity contribution in [2.24, 2.45) is 0 Å². The van der Waals surface area contributed by atoms with E-state index in [0.29, 0.717) is 5.65 Å². The van der Waals surface area contributed by atoms with E-state index >= 15 is 0 Å². The number of hydrogen-bond acceptors (Lipinski definition) is 3. The normalized spacial score (nSPS) is 11.5. The number of carbonyl (C=O) groups excluding carboxylic acids is 1. The Balaban J connectivity index is 1.81. The maximum Gasteiger partial charge on any atom is 0.416 e. The van der Waals surface area contributed by atoms with Crippen molar-refractivity contribution in [2.75, 3.05) is 5.32 Å². The Morgan fingerprint density at radius 3 is 2.29 bits per heavy atom. The molecule has 0 fully saturated rings. The molecule has 4 nitrogen and oxygen atoms in total. The van der Waals surface area contributed by atoms with E-state index in [-0.39, 0.29) is 16.5 Å². The molecule has 1 amide bonds. The first-order valence-electron chi connectivity index (χ1n) is 6.75. The summed E-state index contributed by atoms with van der Waals surface area (Å²) in [5.74, 6) is -0.347. The lowest BCUT2D eigenvalue weighted by Crippen LogP contribution is -2.13. The third kappa shape index (κ3) is 3.46. The number of nitrogens with one attached hydrogen (secondary N) is 1. The summed E-state index contributed by atoms with van der Waals surface area (Å²) in [6, 6.07) is 10.5. The Morgan fingerprint density at radius 1 is 0.958 bits per heavy atom. The van der Waals surface area contributed by atoms with Crippen molar-refractivity contribution in [1.29, 1.82) is 0 Å². The summed E-state index contributed by atoms with van der Waals surface area (Å²) >= 11 is 5.79. The highest BCUT2D eigenvalue weighted by molar-refractivity contribution is 6.29. The van der Waals surface area contributed by atoms with Crippen LogP contribution in [0.3, 0.4) is 0 Å². The summed E-state index contributed by atoms with van der Waals surface area (Å²) in [6.45, 7) is 0. The Bertz CT molecular complexity index is 911. The van der Waals surface area contributed by atoms with Crippen LogP contribution >= 0.6 is 11.6 Å². The van der Waals surface area contributed by atoms with Gasteiger partial charge in [-0.3, -0.25) is 4.79 Å². The van der Waals surface area contributed by atoms with E-state index in [1.165, 1.54) is 0 Å². The number of alkyl halides is 3. The predicted octanol–water partition coefficient (Wildman–Crippen LogP) is 4.55. The number of fused-ring (bicyclic) bond motifs is 1. The van der Waals surface area contributed by atoms with Gasteiger partial charge in [0.25, 0.3) is 5.91 Å². The van der Waals surface area contributed by atoms with Crippen LogP contribution in [0, 0.1) is 0 Å². The molecule has 0 radical (unpaired) electrons. The number of amides is 1. The zero-order valence-corrected chi connectivity index (χ0v) is 12.7. The van der Waals surface area contributed by atoms with Crippen molar-refractivity contribution in [2.45, 2.75) is 6.18 Å². The van der Waals surface area contributed by atoms with Crippen LogP contribution < -0.4 is 5.32 Å². The molecule has 1 N–H and O–H groups in total. The van der Waals surface area contributed by atoms with Crippen LogP contribution in [0.1, 0.15) is 15.9 Å². The molecule has 0 aliphatic heterocycles. The molecule has 0 saturated carbocycles. The van der Waals surface area contributed by atoms with Crippen molar-refractivity contribution in [3.8, 4) is 0 Å². The molecule has 0 aliphatic rings. The maximum atomic E-state index is 12.5. The van der Waals surface area contributed by atoms with Crippen LogP contribution in [0.15, 0.2) is 48.5 Å². The number of anilines is 1. The van der Waals surface area contributed by atoms with Gasteiger partial charge in [0, 0.05) is 10.9 Å². The van der Waals surface area contributed by atoms with Gasteiger partial charge in [0.2, 0.25) is 0 Å². The van der Waals surface area contributed by atoms with Gasteiger partial charge in [-0.15, -0.1) is 0 Å². The van der Waals surface area contributed by atoms with Gasteiger partial charge in [0.15, 0.2) is 5.65 Å². The SMILES string of the molecule is O=C(Nc1ccc2ccc(Cl)nc2n1)c1ccc(C(F)(F)F)cc1. The molecule has 2 heterocycles. The number of carbonyl (C=O) groups is 1. The fourth-order valence-electron chi connectivity index (χ4n) is 2.04. The standard InChI is InChI=1S/C16H9ClF3N3O/c17-12-7-3-9-4-8-13(22-14(9)21-12)23-15(24)10-1-5-11(6-2-10)16(18,19)20/h1-8H,(H,21,22,23,24). The molecule has 0 saturated heterocycles. The summed E-state index contributed by atoms with van der Waals surface area (Å²) in [5.41, 5.74) is -0.376. The fraction of sp³-hybridized carbons (Fsp3) is 0.0625. The molecule has 1 aromatic carbocycles. The van der Waals surface area contributed by atoms with Crippen molar-refractivity contribution >= 4 is 34.4 Å². The molecule has 24 heavy (non-hydrogen) atoms. The van der Waals surface area contributed by atoms with Gasteiger partial charge in [0.05, 0.1) is 5.56 Å². The number of hydrogen-bond donors (Lipinski definition) is 1. The summed E-state index contributed by atoms with van der Waals surface area (Å²) in [4.78, 5) is 20.3. The largest absolute Gasteiger partial charge is 0.416 e. The van der Waals surface area contributed by atoms with E-state index in [4.69, 9.17) is 11.6 Å². The van der Waals surface area contributed by atoms with Gasteiger partial charge in [-0.25, -0.2) is 9.97 Å². The minimum atomic E-state index is -4.44. The first-order valence-corrected chi connectivity index (χ1v) is 7.13.